The number of aryl methyl sites for hydroxylation is 1. The summed E-state index contributed by atoms with van der Waals surface area (Å²) >= 11 is 0. The van der Waals surface area contributed by atoms with Crippen molar-refractivity contribution in [2.24, 2.45) is 11.8 Å². The zero-order valence-corrected chi connectivity index (χ0v) is 14.6. The van der Waals surface area contributed by atoms with Gasteiger partial charge in [0, 0.05) is 5.69 Å². The van der Waals surface area contributed by atoms with Crippen molar-refractivity contribution >= 4 is 15.5 Å². The Kier molecular flexibility index (Phi) is 5.90. The lowest BCUT2D eigenvalue weighted by molar-refractivity contribution is 0.278. The Bertz CT molecular complexity index is 555. The third kappa shape index (κ3) is 5.01. The highest BCUT2D eigenvalue weighted by molar-refractivity contribution is 7.91. The van der Waals surface area contributed by atoms with Crippen molar-refractivity contribution in [1.82, 2.24) is 0 Å². The predicted molar refractivity (Wildman–Crippen MR) is 93.5 cm³/mol. The van der Waals surface area contributed by atoms with E-state index in [-0.39, 0.29) is 5.25 Å². The lowest BCUT2D eigenvalue weighted by Crippen LogP contribution is -2.26. The molecule has 0 bridgehead atoms. The van der Waals surface area contributed by atoms with Crippen LogP contribution in [0.1, 0.15) is 51.5 Å². The molecule has 1 aliphatic carbocycles. The molecule has 1 saturated carbocycles. The maximum atomic E-state index is 12.0. The molecule has 0 atom stereocenters. The van der Waals surface area contributed by atoms with E-state index in [9.17, 15) is 8.42 Å². The van der Waals surface area contributed by atoms with Gasteiger partial charge in [-0.1, -0.05) is 25.0 Å². The molecule has 0 radical (unpaired) electrons. The van der Waals surface area contributed by atoms with Gasteiger partial charge in [-0.25, -0.2) is 8.42 Å². The number of benzene rings is 1. The van der Waals surface area contributed by atoms with Crippen molar-refractivity contribution in [1.29, 1.82) is 0 Å². The molecule has 0 saturated heterocycles. The number of hydrogen-bond acceptors (Lipinski definition) is 3. The minimum atomic E-state index is -2.89. The van der Waals surface area contributed by atoms with E-state index >= 15 is 0 Å². The monoisotopic (exact) mass is 323 g/mol. The van der Waals surface area contributed by atoms with Crippen molar-refractivity contribution in [3.8, 4) is 0 Å². The van der Waals surface area contributed by atoms with Crippen molar-refractivity contribution < 1.29 is 8.42 Å². The van der Waals surface area contributed by atoms with E-state index in [1.807, 2.05) is 12.1 Å². The zero-order valence-electron chi connectivity index (χ0n) is 13.8. The third-order valence-corrected chi connectivity index (χ3v) is 7.35. The van der Waals surface area contributed by atoms with Crippen LogP contribution in [0.25, 0.3) is 0 Å². The van der Waals surface area contributed by atoms with Crippen LogP contribution in [-0.2, 0) is 16.3 Å². The summed E-state index contributed by atoms with van der Waals surface area (Å²) in [6.07, 6.45) is 6.78. The average Bonchev–Trinajstić information content (AvgIpc) is 2.48. The molecule has 1 fully saturated rings. The molecule has 0 amide bonds. The second kappa shape index (κ2) is 7.49. The van der Waals surface area contributed by atoms with Crippen molar-refractivity contribution in [3.63, 3.8) is 0 Å². The van der Waals surface area contributed by atoms with Crippen molar-refractivity contribution in [3.05, 3.63) is 29.8 Å². The fraction of sp³-hybridized carbons (Fsp3) is 0.667. The summed E-state index contributed by atoms with van der Waals surface area (Å²) in [7, 11) is -2.89. The van der Waals surface area contributed by atoms with Crippen molar-refractivity contribution in [2.75, 3.05) is 11.5 Å². The summed E-state index contributed by atoms with van der Waals surface area (Å²) < 4.78 is 24.0. The van der Waals surface area contributed by atoms with Crippen LogP contribution in [0.2, 0.25) is 0 Å². The number of sulfone groups is 1. The van der Waals surface area contributed by atoms with Crippen LogP contribution in [0.3, 0.4) is 0 Å². The van der Waals surface area contributed by atoms with Gasteiger partial charge in [-0.15, -0.1) is 0 Å². The summed E-state index contributed by atoms with van der Waals surface area (Å²) in [5.41, 5.74) is 7.86. The first-order valence-electron chi connectivity index (χ1n) is 8.43. The molecular weight excluding hydrogens is 294 g/mol. The lowest BCUT2D eigenvalue weighted by Gasteiger charge is -2.28. The van der Waals surface area contributed by atoms with E-state index in [0.717, 1.165) is 30.9 Å². The van der Waals surface area contributed by atoms with Gasteiger partial charge in [0.2, 0.25) is 0 Å². The highest BCUT2D eigenvalue weighted by Gasteiger charge is 2.26. The molecule has 1 aromatic carbocycles. The second-order valence-corrected chi connectivity index (χ2v) is 9.65. The highest BCUT2D eigenvalue weighted by Crippen LogP contribution is 2.32. The van der Waals surface area contributed by atoms with Gasteiger partial charge in [0.15, 0.2) is 9.84 Å². The van der Waals surface area contributed by atoms with Gasteiger partial charge < -0.3 is 5.73 Å². The zero-order chi connectivity index (χ0) is 16.2. The summed E-state index contributed by atoms with van der Waals surface area (Å²) in [4.78, 5) is 0. The minimum absolute atomic E-state index is 0.240. The molecule has 2 N–H and O–H groups in total. The Balaban J connectivity index is 1.74. The Morgan fingerprint density at radius 2 is 1.59 bits per heavy atom. The minimum Gasteiger partial charge on any atom is -0.399 e. The van der Waals surface area contributed by atoms with Crippen LogP contribution in [0.4, 0.5) is 5.69 Å². The van der Waals surface area contributed by atoms with Crippen LogP contribution >= 0.6 is 0 Å². The van der Waals surface area contributed by atoms with E-state index in [1.54, 1.807) is 13.8 Å². The van der Waals surface area contributed by atoms with Gasteiger partial charge in [0.05, 0.1) is 11.0 Å². The Morgan fingerprint density at radius 1 is 1.05 bits per heavy atom. The number of rotatable bonds is 6. The van der Waals surface area contributed by atoms with E-state index in [0.29, 0.717) is 11.7 Å². The topological polar surface area (TPSA) is 60.2 Å². The van der Waals surface area contributed by atoms with Crippen LogP contribution in [0, 0.1) is 11.8 Å². The molecule has 3 nitrogen and oxygen atoms in total. The van der Waals surface area contributed by atoms with Gasteiger partial charge in [-0.05, 0) is 69.1 Å². The highest BCUT2D eigenvalue weighted by atomic mass is 32.2. The van der Waals surface area contributed by atoms with Crippen LogP contribution in [-0.4, -0.2) is 19.4 Å². The SMILES string of the molecule is CC(C)S(=O)(=O)CC1CCC(CCc2ccc(N)cc2)CC1. The van der Waals surface area contributed by atoms with Gasteiger partial charge in [0.1, 0.15) is 0 Å². The van der Waals surface area contributed by atoms with Crippen LogP contribution in [0.5, 0.6) is 0 Å². The fourth-order valence-corrected chi connectivity index (χ4v) is 4.64. The molecule has 0 spiro atoms. The molecule has 0 unspecified atom stereocenters. The standard InChI is InChI=1S/C18H29NO2S/c1-14(2)22(20,21)13-17-7-5-15(6-8-17)3-4-16-9-11-18(19)12-10-16/h9-12,14-15,17H,3-8,13,19H2,1-2H3. The molecule has 1 aliphatic rings. The van der Waals surface area contributed by atoms with Gasteiger partial charge in [-0.2, -0.15) is 0 Å². The summed E-state index contributed by atoms with van der Waals surface area (Å²) in [5, 5.41) is -0.240. The van der Waals surface area contributed by atoms with Gasteiger partial charge >= 0.3 is 0 Å². The molecular formula is C18H29NO2S. The quantitative estimate of drug-likeness (QED) is 0.809. The third-order valence-electron chi connectivity index (χ3n) is 4.97. The van der Waals surface area contributed by atoms with Crippen LogP contribution in [0.15, 0.2) is 24.3 Å². The average molecular weight is 324 g/mol. The number of nitrogen functional groups attached to an aromatic ring is 1. The first-order chi connectivity index (χ1) is 10.4. The van der Waals surface area contributed by atoms with E-state index in [1.165, 1.54) is 24.8 Å². The predicted octanol–water partition coefficient (Wildman–Crippen LogP) is 3.83. The molecule has 22 heavy (non-hydrogen) atoms. The first-order valence-corrected chi connectivity index (χ1v) is 10.1. The van der Waals surface area contributed by atoms with E-state index in [2.05, 4.69) is 12.1 Å². The molecule has 1 aromatic rings. The smallest absolute Gasteiger partial charge is 0.152 e. The number of hydrogen-bond donors (Lipinski definition) is 1. The molecule has 4 heteroatoms. The number of anilines is 1. The fourth-order valence-electron chi connectivity index (χ4n) is 3.26. The Morgan fingerprint density at radius 3 is 2.14 bits per heavy atom. The van der Waals surface area contributed by atoms with Crippen LogP contribution < -0.4 is 5.73 Å². The molecule has 0 aliphatic heterocycles. The Labute approximate surface area is 135 Å². The van der Waals surface area contributed by atoms with Gasteiger partial charge in [0.25, 0.3) is 0 Å². The maximum absolute atomic E-state index is 12.0. The Hall–Kier alpha value is -1.03. The normalized spacial score (nSPS) is 22.9. The summed E-state index contributed by atoms with van der Waals surface area (Å²) in [6, 6.07) is 8.14. The summed E-state index contributed by atoms with van der Waals surface area (Å²) in [6.45, 7) is 3.57. The second-order valence-electron chi connectivity index (χ2n) is 7.05. The lowest BCUT2D eigenvalue weighted by atomic mass is 9.80. The van der Waals surface area contributed by atoms with E-state index < -0.39 is 9.84 Å². The molecule has 124 valence electrons. The van der Waals surface area contributed by atoms with E-state index in [4.69, 9.17) is 5.73 Å². The maximum Gasteiger partial charge on any atom is 0.152 e. The summed E-state index contributed by atoms with van der Waals surface area (Å²) in [5.74, 6) is 1.51. The molecule has 0 aromatic heterocycles. The number of nitrogens with two attached hydrogens (primary N) is 1. The molecule has 2 rings (SSSR count). The first kappa shape index (κ1) is 17.3. The van der Waals surface area contributed by atoms with Crippen molar-refractivity contribution in [2.45, 2.75) is 57.6 Å². The molecule has 0 heterocycles. The largest absolute Gasteiger partial charge is 0.399 e. The van der Waals surface area contributed by atoms with Gasteiger partial charge in [-0.3, -0.25) is 0 Å².